The predicted octanol–water partition coefficient (Wildman–Crippen LogP) is 5.58. The summed E-state index contributed by atoms with van der Waals surface area (Å²) in [6.45, 7) is -0.333. The van der Waals surface area contributed by atoms with E-state index in [1.807, 2.05) is 36.4 Å². The number of nitrogens with zero attached hydrogens (tertiary/aromatic N) is 2. The highest BCUT2D eigenvalue weighted by molar-refractivity contribution is 6.17. The van der Waals surface area contributed by atoms with Crippen molar-refractivity contribution in [2.45, 2.75) is 19.3 Å². The molecule has 1 N–H and O–H groups in total. The molecular formula is C23H18F3N3O. The van der Waals surface area contributed by atoms with Gasteiger partial charge in [0.15, 0.2) is 6.67 Å². The van der Waals surface area contributed by atoms with Crippen LogP contribution < -0.4 is 5.32 Å². The van der Waals surface area contributed by atoms with Gasteiger partial charge >= 0.3 is 5.92 Å². The first kappa shape index (κ1) is 19.8. The second-order valence-electron chi connectivity index (χ2n) is 7.13. The Morgan fingerprint density at radius 1 is 1.07 bits per heavy atom. The molecule has 0 fully saturated rings. The second-order valence-corrected chi connectivity index (χ2v) is 7.13. The maximum absolute atomic E-state index is 13.9. The topological polar surface area (TPSA) is 54.4 Å². The van der Waals surface area contributed by atoms with E-state index in [1.165, 1.54) is 13.0 Å². The number of aromatic nitrogens is 1. The van der Waals surface area contributed by atoms with E-state index >= 15 is 0 Å². The molecule has 2 aromatic carbocycles. The highest BCUT2D eigenvalue weighted by Gasteiger charge is 2.34. The molecule has 0 unspecified atom stereocenters. The zero-order chi connectivity index (χ0) is 21.3. The highest BCUT2D eigenvalue weighted by atomic mass is 19.3. The molecule has 0 aliphatic carbocycles. The van der Waals surface area contributed by atoms with Crippen molar-refractivity contribution in [3.63, 3.8) is 0 Å². The molecule has 0 bridgehead atoms. The van der Waals surface area contributed by atoms with E-state index in [0.717, 1.165) is 22.8 Å². The Morgan fingerprint density at radius 3 is 2.57 bits per heavy atom. The van der Waals surface area contributed by atoms with Crippen molar-refractivity contribution in [2.24, 2.45) is 4.99 Å². The van der Waals surface area contributed by atoms with Gasteiger partial charge in [-0.3, -0.25) is 14.8 Å². The van der Waals surface area contributed by atoms with Crippen LogP contribution in [0.15, 0.2) is 65.9 Å². The molecule has 1 aliphatic rings. The van der Waals surface area contributed by atoms with Crippen molar-refractivity contribution < 1.29 is 18.0 Å². The van der Waals surface area contributed by atoms with Gasteiger partial charge in [0.2, 0.25) is 5.91 Å². The molecule has 3 aromatic rings. The molecule has 0 saturated carbocycles. The number of fused-ring (bicyclic) bond motifs is 1. The average Bonchev–Trinajstić information content (AvgIpc) is 2.91. The third-order valence-corrected chi connectivity index (χ3v) is 4.95. The Hall–Kier alpha value is -3.48. The SMILES string of the molecule is Cc1cc2c(cc1C(F)(F)CF)NC(=O)CC(c1cccc(-c3cccnc3)c1)=N2. The molecule has 0 saturated heterocycles. The monoisotopic (exact) mass is 409 g/mol. The number of alkyl halides is 3. The van der Waals surface area contributed by atoms with Gasteiger partial charge in [0.25, 0.3) is 0 Å². The van der Waals surface area contributed by atoms with Crippen molar-refractivity contribution >= 4 is 23.0 Å². The first-order valence-electron chi connectivity index (χ1n) is 9.34. The minimum Gasteiger partial charge on any atom is -0.324 e. The number of hydrogen-bond acceptors (Lipinski definition) is 3. The third-order valence-electron chi connectivity index (χ3n) is 4.95. The Bertz CT molecular complexity index is 1140. The molecule has 152 valence electrons. The van der Waals surface area contributed by atoms with Crippen LogP contribution in [0.4, 0.5) is 24.5 Å². The number of aliphatic imine (C=N–C) groups is 1. The van der Waals surface area contributed by atoms with Crippen LogP contribution in [0.25, 0.3) is 11.1 Å². The molecule has 0 radical (unpaired) electrons. The summed E-state index contributed by atoms with van der Waals surface area (Å²) >= 11 is 0. The average molecular weight is 409 g/mol. The van der Waals surface area contributed by atoms with Gasteiger partial charge in [-0.05, 0) is 47.9 Å². The summed E-state index contributed by atoms with van der Waals surface area (Å²) < 4.78 is 40.7. The van der Waals surface area contributed by atoms with Crippen LogP contribution in [0.5, 0.6) is 0 Å². The van der Waals surface area contributed by atoms with E-state index in [9.17, 15) is 18.0 Å². The lowest BCUT2D eigenvalue weighted by Crippen LogP contribution is -2.19. The van der Waals surface area contributed by atoms with Crippen LogP contribution in [-0.2, 0) is 10.7 Å². The largest absolute Gasteiger partial charge is 0.324 e. The van der Waals surface area contributed by atoms with E-state index < -0.39 is 18.2 Å². The van der Waals surface area contributed by atoms with Crippen molar-refractivity contribution in [1.29, 1.82) is 0 Å². The van der Waals surface area contributed by atoms with E-state index in [0.29, 0.717) is 11.4 Å². The lowest BCUT2D eigenvalue weighted by atomic mass is 10.0. The van der Waals surface area contributed by atoms with Gasteiger partial charge in [-0.15, -0.1) is 0 Å². The number of rotatable bonds is 4. The molecule has 2 heterocycles. The quantitative estimate of drug-likeness (QED) is 0.612. The first-order valence-corrected chi connectivity index (χ1v) is 9.34. The molecular weight excluding hydrogens is 391 g/mol. The predicted molar refractivity (Wildman–Crippen MR) is 110 cm³/mol. The van der Waals surface area contributed by atoms with Crippen LogP contribution in [0.1, 0.15) is 23.1 Å². The molecule has 1 amide bonds. The van der Waals surface area contributed by atoms with Crippen LogP contribution in [0.2, 0.25) is 0 Å². The molecule has 4 nitrogen and oxygen atoms in total. The normalized spacial score (nSPS) is 13.9. The van der Waals surface area contributed by atoms with Crippen molar-refractivity contribution in [3.05, 3.63) is 77.6 Å². The lowest BCUT2D eigenvalue weighted by Gasteiger charge is -2.17. The van der Waals surface area contributed by atoms with Crippen LogP contribution in [-0.4, -0.2) is 23.3 Å². The molecule has 1 aromatic heterocycles. The minimum absolute atomic E-state index is 0.0148. The number of halogens is 3. The molecule has 4 rings (SSSR count). The molecule has 0 atom stereocenters. The Balaban J connectivity index is 1.79. The van der Waals surface area contributed by atoms with E-state index in [1.54, 1.807) is 12.4 Å². The minimum atomic E-state index is -3.62. The maximum atomic E-state index is 13.9. The zero-order valence-electron chi connectivity index (χ0n) is 16.1. The summed E-state index contributed by atoms with van der Waals surface area (Å²) in [4.78, 5) is 21.1. The van der Waals surface area contributed by atoms with Gasteiger partial charge in [0.05, 0.1) is 23.5 Å². The number of benzene rings is 2. The summed E-state index contributed by atoms with van der Waals surface area (Å²) in [5, 5.41) is 2.61. The van der Waals surface area contributed by atoms with Gasteiger partial charge in [-0.2, -0.15) is 8.78 Å². The molecule has 1 aliphatic heterocycles. The van der Waals surface area contributed by atoms with Gasteiger partial charge in [0, 0.05) is 23.5 Å². The highest BCUT2D eigenvalue weighted by Crippen LogP contribution is 2.39. The fourth-order valence-corrected chi connectivity index (χ4v) is 3.46. The Morgan fingerprint density at radius 2 is 1.83 bits per heavy atom. The third kappa shape index (κ3) is 3.83. The lowest BCUT2D eigenvalue weighted by molar-refractivity contribution is -0.115. The van der Waals surface area contributed by atoms with Gasteiger partial charge < -0.3 is 5.32 Å². The number of carbonyl (C=O) groups is 1. The van der Waals surface area contributed by atoms with Crippen LogP contribution in [0, 0.1) is 6.92 Å². The number of carbonyl (C=O) groups excluding carboxylic acids is 1. The van der Waals surface area contributed by atoms with Crippen LogP contribution >= 0.6 is 0 Å². The first-order chi connectivity index (χ1) is 14.4. The van der Waals surface area contributed by atoms with Crippen LogP contribution in [0.3, 0.4) is 0 Å². The van der Waals surface area contributed by atoms with Crippen molar-refractivity contribution in [1.82, 2.24) is 4.98 Å². The van der Waals surface area contributed by atoms with E-state index in [2.05, 4.69) is 15.3 Å². The summed E-state index contributed by atoms with van der Waals surface area (Å²) in [5.41, 5.74) is 3.36. The smallest absolute Gasteiger partial charge is 0.301 e. The Labute approximate surface area is 171 Å². The number of amides is 1. The van der Waals surface area contributed by atoms with E-state index in [4.69, 9.17) is 0 Å². The number of pyridine rings is 1. The van der Waals surface area contributed by atoms with Gasteiger partial charge in [-0.1, -0.05) is 24.3 Å². The van der Waals surface area contributed by atoms with E-state index in [-0.39, 0.29) is 23.6 Å². The summed E-state index contributed by atoms with van der Waals surface area (Å²) in [6, 6.07) is 13.9. The fraction of sp³-hybridized carbons (Fsp3) is 0.174. The second kappa shape index (κ2) is 7.74. The fourth-order valence-electron chi connectivity index (χ4n) is 3.46. The number of hydrogen-bond donors (Lipinski definition) is 1. The molecule has 0 spiro atoms. The number of anilines is 1. The maximum Gasteiger partial charge on any atom is 0.301 e. The van der Waals surface area contributed by atoms with Crippen molar-refractivity contribution in [3.8, 4) is 11.1 Å². The number of nitrogens with one attached hydrogen (secondary N) is 1. The molecule has 30 heavy (non-hydrogen) atoms. The van der Waals surface area contributed by atoms with Gasteiger partial charge in [-0.25, -0.2) is 4.39 Å². The standard InChI is InChI=1S/C23H18F3N3O/c1-14-8-20-21(10-18(14)23(25,26)13-24)29-22(30)11-19(28-20)16-5-2-4-15(9-16)17-6-3-7-27-12-17/h2-10,12H,11,13H2,1H3,(H,29,30). The zero-order valence-corrected chi connectivity index (χ0v) is 16.1. The summed E-state index contributed by atoms with van der Waals surface area (Å²) in [6.07, 6.45) is 3.41. The summed E-state index contributed by atoms with van der Waals surface area (Å²) in [5.74, 6) is -4.00. The Kier molecular flexibility index (Phi) is 5.11. The summed E-state index contributed by atoms with van der Waals surface area (Å²) in [7, 11) is 0. The number of aryl methyl sites for hydroxylation is 1. The molecule has 7 heteroatoms. The van der Waals surface area contributed by atoms with Gasteiger partial charge in [0.1, 0.15) is 0 Å². The van der Waals surface area contributed by atoms with Crippen molar-refractivity contribution in [2.75, 3.05) is 12.0 Å².